The van der Waals surface area contributed by atoms with E-state index in [9.17, 15) is 0 Å². The summed E-state index contributed by atoms with van der Waals surface area (Å²) in [6.07, 6.45) is 0. The van der Waals surface area contributed by atoms with Gasteiger partial charge in [0.2, 0.25) is 0 Å². The molecule has 0 saturated heterocycles. The molecule has 0 radical (unpaired) electrons. The fraction of sp³-hybridized carbons (Fsp3) is 0. The normalized spacial score (nSPS) is 8.29. The van der Waals surface area contributed by atoms with Crippen molar-refractivity contribution in [3.05, 3.63) is 68.1 Å². The van der Waals surface area contributed by atoms with Crippen molar-refractivity contribution < 1.29 is 21.1 Å². The first kappa shape index (κ1) is 13.1. The summed E-state index contributed by atoms with van der Waals surface area (Å²) >= 11 is 0. The third kappa shape index (κ3) is 3.12. The summed E-state index contributed by atoms with van der Waals surface area (Å²) in [5.74, 6) is 0. The van der Waals surface area contributed by atoms with Gasteiger partial charge in [-0.15, -0.1) is 12.1 Å². The van der Waals surface area contributed by atoms with Crippen LogP contribution in [0.25, 0.3) is 11.1 Å². The van der Waals surface area contributed by atoms with E-state index in [4.69, 9.17) is 0 Å². The Kier molecular flexibility index (Phi) is 6.15. The minimum Gasteiger partial charge on any atom is -0.358 e. The maximum Gasteiger partial charge on any atom is 0 e. The van der Waals surface area contributed by atoms with Crippen LogP contribution in [0, 0.1) is 19.6 Å². The standard InChI is InChI=1S/C12H8.CH3.Pt/c1-3-7-11(8-4-1)12-9-5-2-6-10-12;;/h1-7,9H;1H3;/q-2;-1;. The summed E-state index contributed by atoms with van der Waals surface area (Å²) in [5, 5.41) is 0. The Balaban J connectivity index is 0.000000845. The van der Waals surface area contributed by atoms with E-state index in [2.05, 4.69) is 12.1 Å². The minimum absolute atomic E-state index is 0. The van der Waals surface area contributed by atoms with Crippen LogP contribution >= 0.6 is 0 Å². The van der Waals surface area contributed by atoms with Gasteiger partial charge in [0.1, 0.15) is 0 Å². The molecule has 1 heteroatoms. The van der Waals surface area contributed by atoms with Gasteiger partial charge in [-0.05, 0) is 0 Å². The minimum atomic E-state index is 0. The Morgan fingerprint density at radius 3 is 1.43 bits per heavy atom. The fourth-order valence-electron chi connectivity index (χ4n) is 1.12. The molecule has 0 amide bonds. The second-order valence-electron chi connectivity index (χ2n) is 2.55. The van der Waals surface area contributed by atoms with Gasteiger partial charge in [0.05, 0.1) is 0 Å². The Bertz CT molecular complexity index is 303. The van der Waals surface area contributed by atoms with Crippen molar-refractivity contribution in [2.24, 2.45) is 0 Å². The fourth-order valence-corrected chi connectivity index (χ4v) is 1.12. The van der Waals surface area contributed by atoms with Gasteiger partial charge in [-0.2, -0.15) is 48.5 Å². The van der Waals surface area contributed by atoms with Crippen LogP contribution in [0.2, 0.25) is 0 Å². The van der Waals surface area contributed by atoms with E-state index in [0.717, 1.165) is 11.1 Å². The molecule has 0 unspecified atom stereocenters. The van der Waals surface area contributed by atoms with Gasteiger partial charge in [-0.25, -0.2) is 11.1 Å². The van der Waals surface area contributed by atoms with E-state index in [1.54, 1.807) is 0 Å². The maximum atomic E-state index is 3.15. The summed E-state index contributed by atoms with van der Waals surface area (Å²) in [4.78, 5) is 0. The Hall–Kier alpha value is -0.872. The molecule has 0 heterocycles. The van der Waals surface area contributed by atoms with Crippen LogP contribution in [0.1, 0.15) is 0 Å². The zero-order chi connectivity index (χ0) is 8.23. The predicted molar refractivity (Wildman–Crippen MR) is 56.0 cm³/mol. The second kappa shape index (κ2) is 6.56. The van der Waals surface area contributed by atoms with Crippen LogP contribution in [0.15, 0.2) is 48.5 Å². The molecule has 0 aliphatic heterocycles. The first-order chi connectivity index (χ1) is 5.97. The van der Waals surface area contributed by atoms with Crippen molar-refractivity contribution in [2.45, 2.75) is 0 Å². The average molecular weight is 362 g/mol. The van der Waals surface area contributed by atoms with Crippen LogP contribution in [-0.2, 0) is 21.1 Å². The van der Waals surface area contributed by atoms with Crippen molar-refractivity contribution in [1.82, 2.24) is 0 Å². The summed E-state index contributed by atoms with van der Waals surface area (Å²) in [5.41, 5.74) is 2.19. The third-order valence-corrected chi connectivity index (χ3v) is 1.71. The molecular weight excluding hydrogens is 351 g/mol. The SMILES string of the molecule is [CH3-].[Pt].[c-]1ccccc1-c1[c-]cccc1. The molecule has 0 aliphatic carbocycles. The predicted octanol–water partition coefficient (Wildman–Crippen LogP) is 3.40. The van der Waals surface area contributed by atoms with E-state index in [1.165, 1.54) is 0 Å². The molecule has 2 aromatic carbocycles. The zero-order valence-corrected chi connectivity index (χ0v) is 10.2. The van der Waals surface area contributed by atoms with Gasteiger partial charge in [0.15, 0.2) is 0 Å². The molecule has 0 N–H and O–H groups in total. The molecule has 76 valence electrons. The van der Waals surface area contributed by atoms with Gasteiger partial charge < -0.3 is 7.43 Å². The molecule has 0 fully saturated rings. The van der Waals surface area contributed by atoms with Crippen molar-refractivity contribution >= 4 is 0 Å². The first-order valence-corrected chi connectivity index (χ1v) is 3.90. The van der Waals surface area contributed by atoms with Crippen LogP contribution in [0.5, 0.6) is 0 Å². The van der Waals surface area contributed by atoms with E-state index in [1.807, 2.05) is 48.5 Å². The largest absolute Gasteiger partial charge is 0.358 e. The quantitative estimate of drug-likeness (QED) is 0.682. The van der Waals surface area contributed by atoms with Crippen molar-refractivity contribution in [3.8, 4) is 11.1 Å². The molecule has 0 atom stereocenters. The topological polar surface area (TPSA) is 0 Å². The van der Waals surface area contributed by atoms with E-state index < -0.39 is 0 Å². The van der Waals surface area contributed by atoms with Gasteiger partial charge >= 0.3 is 0 Å². The van der Waals surface area contributed by atoms with Crippen LogP contribution in [0.3, 0.4) is 0 Å². The van der Waals surface area contributed by atoms with E-state index in [0.29, 0.717) is 0 Å². The van der Waals surface area contributed by atoms with Gasteiger partial charge in [0, 0.05) is 21.1 Å². The van der Waals surface area contributed by atoms with Crippen LogP contribution < -0.4 is 0 Å². The molecule has 2 rings (SSSR count). The second-order valence-corrected chi connectivity index (χ2v) is 2.55. The Labute approximate surface area is 100 Å². The summed E-state index contributed by atoms with van der Waals surface area (Å²) in [7, 11) is 0. The molecule has 0 nitrogen and oxygen atoms in total. The molecule has 0 saturated carbocycles. The summed E-state index contributed by atoms with van der Waals surface area (Å²) in [6.45, 7) is 0. The zero-order valence-electron chi connectivity index (χ0n) is 7.94. The third-order valence-electron chi connectivity index (χ3n) is 1.71. The first-order valence-electron chi connectivity index (χ1n) is 3.90. The number of hydrogen-bond acceptors (Lipinski definition) is 0. The van der Waals surface area contributed by atoms with Gasteiger partial charge in [-0.3, -0.25) is 0 Å². The van der Waals surface area contributed by atoms with Crippen LogP contribution in [0.4, 0.5) is 0 Å². The maximum absolute atomic E-state index is 3.15. The average Bonchev–Trinajstić information content (AvgIpc) is 2.21. The molecule has 0 aromatic heterocycles. The molecule has 14 heavy (non-hydrogen) atoms. The number of rotatable bonds is 1. The molecule has 0 aliphatic rings. The van der Waals surface area contributed by atoms with Gasteiger partial charge in [-0.1, -0.05) is 0 Å². The van der Waals surface area contributed by atoms with E-state index in [-0.39, 0.29) is 28.5 Å². The molecule has 0 bridgehead atoms. The molecule has 0 spiro atoms. The molecule has 2 aromatic rings. The van der Waals surface area contributed by atoms with Gasteiger partial charge in [0.25, 0.3) is 0 Å². The summed E-state index contributed by atoms with van der Waals surface area (Å²) in [6, 6.07) is 22.1. The van der Waals surface area contributed by atoms with Crippen molar-refractivity contribution in [2.75, 3.05) is 0 Å². The Morgan fingerprint density at radius 1 is 0.714 bits per heavy atom. The van der Waals surface area contributed by atoms with Crippen LogP contribution in [-0.4, -0.2) is 0 Å². The van der Waals surface area contributed by atoms with E-state index >= 15 is 0 Å². The Morgan fingerprint density at radius 2 is 1.14 bits per heavy atom. The smallest absolute Gasteiger partial charge is 0 e. The van der Waals surface area contributed by atoms with Crippen molar-refractivity contribution in [1.29, 1.82) is 0 Å². The van der Waals surface area contributed by atoms with Crippen molar-refractivity contribution in [3.63, 3.8) is 0 Å². The number of benzene rings is 2. The summed E-state index contributed by atoms with van der Waals surface area (Å²) < 4.78 is 0. The molecular formula is C13H11Pt-3. The monoisotopic (exact) mass is 362 g/mol. The number of hydrogen-bond donors (Lipinski definition) is 0.